The fourth-order valence-corrected chi connectivity index (χ4v) is 2.69. The molecule has 106 valence electrons. The largest absolute Gasteiger partial charge is 0.323 e. The van der Waals surface area contributed by atoms with Crippen LogP contribution < -0.4 is 11.3 Å². The van der Waals surface area contributed by atoms with Gasteiger partial charge >= 0.3 is 0 Å². The van der Waals surface area contributed by atoms with Crippen molar-refractivity contribution < 1.29 is 0 Å². The maximum Gasteiger partial charge on any atom is 0.264 e. The Morgan fingerprint density at radius 2 is 2.10 bits per heavy atom. The van der Waals surface area contributed by atoms with Crippen LogP contribution in [-0.4, -0.2) is 9.55 Å². The molecule has 2 N–H and O–H groups in total. The summed E-state index contributed by atoms with van der Waals surface area (Å²) >= 11 is 6.19. The van der Waals surface area contributed by atoms with Gasteiger partial charge in [0.25, 0.3) is 5.56 Å². The van der Waals surface area contributed by atoms with Crippen molar-refractivity contribution in [1.29, 1.82) is 0 Å². The minimum absolute atomic E-state index is 0.182. The Hall–Kier alpha value is -2.17. The lowest BCUT2D eigenvalue weighted by Gasteiger charge is -2.17. The highest BCUT2D eigenvalue weighted by Crippen LogP contribution is 2.24. The molecule has 3 rings (SSSR count). The van der Waals surface area contributed by atoms with Gasteiger partial charge in [0.1, 0.15) is 0 Å². The number of fused-ring (bicyclic) bond motifs is 1. The van der Waals surface area contributed by atoms with Crippen LogP contribution in [0.3, 0.4) is 0 Å². The summed E-state index contributed by atoms with van der Waals surface area (Å²) in [4.78, 5) is 16.9. The van der Waals surface area contributed by atoms with Crippen LogP contribution in [0.15, 0.2) is 53.6 Å². The zero-order valence-corrected chi connectivity index (χ0v) is 12.2. The van der Waals surface area contributed by atoms with Crippen LogP contribution in [0.2, 0.25) is 5.02 Å². The van der Waals surface area contributed by atoms with E-state index in [9.17, 15) is 4.79 Å². The minimum atomic E-state index is -0.290. The number of aromatic nitrogens is 2. The molecule has 0 saturated carbocycles. The predicted octanol–water partition coefficient (Wildman–Crippen LogP) is 3.06. The van der Waals surface area contributed by atoms with Crippen molar-refractivity contribution in [2.24, 2.45) is 5.73 Å². The maximum atomic E-state index is 12.9. The molecule has 0 unspecified atom stereocenters. The SMILES string of the molecule is C[C@H](N)c1cc2cccc(Cl)c2c(=O)n1-c1cccnc1. The molecule has 0 radical (unpaired) electrons. The number of nitrogens with zero attached hydrogens (tertiary/aromatic N) is 2. The van der Waals surface area contributed by atoms with Gasteiger partial charge in [-0.25, -0.2) is 0 Å². The first-order chi connectivity index (χ1) is 10.1. The quantitative estimate of drug-likeness (QED) is 0.791. The third kappa shape index (κ3) is 2.33. The first kappa shape index (κ1) is 13.8. The lowest BCUT2D eigenvalue weighted by atomic mass is 10.1. The summed E-state index contributed by atoms with van der Waals surface area (Å²) in [6.45, 7) is 1.85. The molecule has 2 aromatic heterocycles. The van der Waals surface area contributed by atoms with E-state index in [1.54, 1.807) is 29.1 Å². The van der Waals surface area contributed by atoms with Crippen molar-refractivity contribution >= 4 is 22.4 Å². The second-order valence-corrected chi connectivity index (χ2v) is 5.32. The molecular formula is C16H14ClN3O. The Balaban J connectivity index is 2.47. The van der Waals surface area contributed by atoms with Crippen LogP contribution in [0.5, 0.6) is 0 Å². The van der Waals surface area contributed by atoms with Crippen LogP contribution in [0.4, 0.5) is 0 Å². The van der Waals surface area contributed by atoms with Crippen molar-refractivity contribution in [3.05, 3.63) is 69.9 Å². The van der Waals surface area contributed by atoms with E-state index in [1.807, 2.05) is 31.2 Å². The van der Waals surface area contributed by atoms with Crippen LogP contribution in [0, 0.1) is 0 Å². The third-order valence-electron chi connectivity index (χ3n) is 3.40. The van der Waals surface area contributed by atoms with Crippen LogP contribution in [-0.2, 0) is 0 Å². The first-order valence-electron chi connectivity index (χ1n) is 6.60. The minimum Gasteiger partial charge on any atom is -0.323 e. The van der Waals surface area contributed by atoms with Gasteiger partial charge in [0.2, 0.25) is 0 Å². The molecule has 0 spiro atoms. The fourth-order valence-electron chi connectivity index (χ4n) is 2.43. The van der Waals surface area contributed by atoms with Crippen LogP contribution in [0.25, 0.3) is 16.5 Å². The van der Waals surface area contributed by atoms with E-state index < -0.39 is 0 Å². The summed E-state index contributed by atoms with van der Waals surface area (Å²) in [5, 5.41) is 1.72. The van der Waals surface area contributed by atoms with Gasteiger partial charge in [-0.3, -0.25) is 14.3 Å². The zero-order chi connectivity index (χ0) is 15.0. The van der Waals surface area contributed by atoms with Crippen LogP contribution in [0.1, 0.15) is 18.7 Å². The third-order valence-corrected chi connectivity index (χ3v) is 3.71. The molecule has 5 heteroatoms. The van der Waals surface area contributed by atoms with Gasteiger partial charge in [0, 0.05) is 17.9 Å². The number of nitrogens with two attached hydrogens (primary N) is 1. The summed E-state index contributed by atoms with van der Waals surface area (Å²) in [5.74, 6) is 0. The normalized spacial score (nSPS) is 12.5. The Kier molecular flexibility index (Phi) is 3.49. The molecule has 0 aliphatic rings. The van der Waals surface area contributed by atoms with E-state index in [1.165, 1.54) is 0 Å². The van der Waals surface area contributed by atoms with E-state index in [2.05, 4.69) is 4.98 Å². The molecule has 1 aromatic carbocycles. The fraction of sp³-hybridized carbons (Fsp3) is 0.125. The zero-order valence-electron chi connectivity index (χ0n) is 11.5. The van der Waals surface area contributed by atoms with E-state index in [0.717, 1.165) is 11.1 Å². The standard InChI is InChI=1S/C16H14ClN3O/c1-10(18)14-8-11-4-2-6-13(17)15(11)16(21)20(14)12-5-3-7-19-9-12/h2-10H,18H2,1H3/t10-/m0/s1. The smallest absolute Gasteiger partial charge is 0.264 e. The van der Waals surface area contributed by atoms with Crippen molar-refractivity contribution in [3.63, 3.8) is 0 Å². The highest BCUT2D eigenvalue weighted by Gasteiger charge is 2.15. The highest BCUT2D eigenvalue weighted by atomic mass is 35.5. The number of rotatable bonds is 2. The van der Waals surface area contributed by atoms with Gasteiger partial charge < -0.3 is 5.73 Å². The van der Waals surface area contributed by atoms with Gasteiger partial charge in [0.15, 0.2) is 0 Å². The second-order valence-electron chi connectivity index (χ2n) is 4.91. The molecule has 0 aliphatic heterocycles. The Labute approximate surface area is 126 Å². The maximum absolute atomic E-state index is 12.9. The molecule has 3 aromatic rings. The van der Waals surface area contributed by atoms with Gasteiger partial charge in [0.05, 0.1) is 22.3 Å². The average molecular weight is 300 g/mol. The molecule has 2 heterocycles. The van der Waals surface area contributed by atoms with E-state index >= 15 is 0 Å². The van der Waals surface area contributed by atoms with Crippen molar-refractivity contribution in [2.75, 3.05) is 0 Å². The van der Waals surface area contributed by atoms with E-state index in [-0.39, 0.29) is 11.6 Å². The monoisotopic (exact) mass is 299 g/mol. The summed E-state index contributed by atoms with van der Waals surface area (Å²) in [6.07, 6.45) is 3.30. The predicted molar refractivity (Wildman–Crippen MR) is 85.0 cm³/mol. The lowest BCUT2D eigenvalue weighted by molar-refractivity contribution is 0.733. The number of hydrogen-bond acceptors (Lipinski definition) is 3. The molecule has 0 saturated heterocycles. The summed E-state index contributed by atoms with van der Waals surface area (Å²) in [5.41, 5.74) is 7.26. The molecule has 21 heavy (non-hydrogen) atoms. The van der Waals surface area contributed by atoms with Gasteiger partial charge in [-0.05, 0) is 36.6 Å². The molecule has 0 amide bonds. The average Bonchev–Trinajstić information content (AvgIpc) is 2.47. The number of hydrogen-bond donors (Lipinski definition) is 1. The molecule has 0 aliphatic carbocycles. The molecular weight excluding hydrogens is 286 g/mol. The summed E-state index contributed by atoms with van der Waals surface area (Å²) in [6, 6.07) is 10.6. The molecule has 0 fully saturated rings. The Morgan fingerprint density at radius 3 is 2.76 bits per heavy atom. The van der Waals surface area contributed by atoms with Crippen molar-refractivity contribution in [1.82, 2.24) is 9.55 Å². The summed E-state index contributed by atoms with van der Waals surface area (Å²) in [7, 11) is 0. The summed E-state index contributed by atoms with van der Waals surface area (Å²) < 4.78 is 1.58. The topological polar surface area (TPSA) is 60.9 Å². The highest BCUT2D eigenvalue weighted by molar-refractivity contribution is 6.35. The van der Waals surface area contributed by atoms with E-state index in [4.69, 9.17) is 17.3 Å². The number of halogens is 1. The number of pyridine rings is 2. The van der Waals surface area contributed by atoms with Crippen LogP contribution >= 0.6 is 11.6 Å². The molecule has 1 atom stereocenters. The Bertz CT molecular complexity index is 857. The molecule has 0 bridgehead atoms. The van der Waals surface area contributed by atoms with Crippen molar-refractivity contribution in [3.8, 4) is 5.69 Å². The van der Waals surface area contributed by atoms with Gasteiger partial charge in [-0.15, -0.1) is 0 Å². The first-order valence-corrected chi connectivity index (χ1v) is 6.97. The second kappa shape index (κ2) is 5.31. The van der Waals surface area contributed by atoms with Crippen molar-refractivity contribution in [2.45, 2.75) is 13.0 Å². The van der Waals surface area contributed by atoms with Gasteiger partial charge in [-0.2, -0.15) is 0 Å². The number of benzene rings is 1. The Morgan fingerprint density at radius 1 is 1.29 bits per heavy atom. The van der Waals surface area contributed by atoms with E-state index in [0.29, 0.717) is 16.1 Å². The lowest BCUT2D eigenvalue weighted by Crippen LogP contribution is -2.25. The van der Waals surface area contributed by atoms with Gasteiger partial charge in [-0.1, -0.05) is 23.7 Å². The molecule has 4 nitrogen and oxygen atoms in total.